The first-order chi connectivity index (χ1) is 20.1. The third kappa shape index (κ3) is 36.4. The van der Waals surface area contributed by atoms with Crippen molar-refractivity contribution in [1.82, 2.24) is 0 Å². The monoisotopic (exact) mass is 601 g/mol. The third-order valence-electron chi connectivity index (χ3n) is 7.69. The van der Waals surface area contributed by atoms with Gasteiger partial charge in [0.15, 0.2) is 0 Å². The van der Waals surface area contributed by atoms with Crippen molar-refractivity contribution in [3.05, 3.63) is 0 Å². The average molecular weight is 601 g/mol. The number of carbonyl (C=O) groups is 3. The van der Waals surface area contributed by atoms with E-state index in [-0.39, 0.29) is 11.4 Å². The molecule has 0 aromatic carbocycles. The van der Waals surface area contributed by atoms with E-state index in [1.54, 1.807) is 0 Å². The molecule has 6 heteroatoms. The number of hydrogen-bond donors (Lipinski definition) is 2. The van der Waals surface area contributed by atoms with Crippen molar-refractivity contribution in [3.8, 4) is 0 Å². The van der Waals surface area contributed by atoms with E-state index in [1.165, 1.54) is 135 Å². The Hall–Kier alpha value is -1.59. The summed E-state index contributed by atoms with van der Waals surface area (Å²) >= 11 is 0. The van der Waals surface area contributed by atoms with Gasteiger partial charge in [0.1, 0.15) is 0 Å². The number of unbranched alkanes of at least 4 members (excludes halogenated alkanes) is 18. The molecule has 0 saturated carbocycles. The molecule has 0 aliphatic heterocycles. The van der Waals surface area contributed by atoms with Crippen LogP contribution >= 0.6 is 0 Å². The molecule has 0 heterocycles. The van der Waals surface area contributed by atoms with Gasteiger partial charge in [-0.1, -0.05) is 163 Å². The van der Waals surface area contributed by atoms with Gasteiger partial charge in [-0.2, -0.15) is 0 Å². The lowest BCUT2D eigenvalue weighted by Gasteiger charge is -2.32. The van der Waals surface area contributed by atoms with Gasteiger partial charge in [0, 0.05) is 13.8 Å². The lowest BCUT2D eigenvalue weighted by molar-refractivity contribution is -0.158. The van der Waals surface area contributed by atoms with Crippen molar-refractivity contribution in [1.29, 1.82) is 0 Å². The van der Waals surface area contributed by atoms with E-state index < -0.39 is 11.9 Å². The van der Waals surface area contributed by atoms with Crippen LogP contribution in [0.3, 0.4) is 0 Å². The molecule has 2 N–H and O–H groups in total. The highest BCUT2D eigenvalue weighted by Crippen LogP contribution is 2.39. The number of esters is 1. The van der Waals surface area contributed by atoms with Gasteiger partial charge in [-0.05, 0) is 25.7 Å². The molecule has 0 aromatic heterocycles. The molecule has 0 aromatic rings. The zero-order valence-electron chi connectivity index (χ0n) is 28.9. The van der Waals surface area contributed by atoms with Crippen molar-refractivity contribution in [2.24, 2.45) is 5.41 Å². The van der Waals surface area contributed by atoms with Crippen LogP contribution in [-0.4, -0.2) is 34.7 Å². The number of carboxylic acid groups (broad SMARTS) is 2. The first-order valence-electron chi connectivity index (χ1n) is 17.7. The summed E-state index contributed by atoms with van der Waals surface area (Å²) < 4.78 is 6.00. The van der Waals surface area contributed by atoms with Gasteiger partial charge in [-0.15, -0.1) is 0 Å². The van der Waals surface area contributed by atoms with Crippen LogP contribution in [-0.2, 0) is 19.1 Å². The fourth-order valence-corrected chi connectivity index (χ4v) is 5.26. The highest BCUT2D eigenvalue weighted by molar-refractivity contribution is 5.76. The molecule has 0 rings (SSSR count). The van der Waals surface area contributed by atoms with E-state index in [9.17, 15) is 4.79 Å². The lowest BCUT2D eigenvalue weighted by Crippen LogP contribution is -2.34. The predicted octanol–water partition coefficient (Wildman–Crippen LogP) is 11.5. The maximum Gasteiger partial charge on any atom is 0.312 e. The van der Waals surface area contributed by atoms with Crippen molar-refractivity contribution < 1.29 is 29.3 Å². The van der Waals surface area contributed by atoms with Crippen LogP contribution in [0.1, 0.15) is 202 Å². The molecule has 0 amide bonds. The van der Waals surface area contributed by atoms with Gasteiger partial charge in [0.2, 0.25) is 0 Å². The highest BCUT2D eigenvalue weighted by atomic mass is 16.5. The van der Waals surface area contributed by atoms with Gasteiger partial charge in [-0.25, -0.2) is 0 Å². The minimum absolute atomic E-state index is 0.152. The Labute approximate surface area is 261 Å². The fraction of sp³-hybridized carbons (Fsp3) is 0.917. The van der Waals surface area contributed by atoms with Gasteiger partial charge in [-0.3, -0.25) is 14.4 Å². The molecule has 6 nitrogen and oxygen atoms in total. The summed E-state index contributed by atoms with van der Waals surface area (Å²) in [7, 11) is 0. The van der Waals surface area contributed by atoms with Crippen molar-refractivity contribution in [2.75, 3.05) is 6.61 Å². The summed E-state index contributed by atoms with van der Waals surface area (Å²) in [6, 6.07) is 0. The highest BCUT2D eigenvalue weighted by Gasteiger charge is 2.38. The van der Waals surface area contributed by atoms with Gasteiger partial charge < -0.3 is 14.9 Å². The maximum atomic E-state index is 13.6. The van der Waals surface area contributed by atoms with E-state index in [0.29, 0.717) is 6.61 Å². The summed E-state index contributed by atoms with van der Waals surface area (Å²) in [5, 5.41) is 14.8. The van der Waals surface area contributed by atoms with E-state index in [0.717, 1.165) is 39.5 Å². The second-order valence-corrected chi connectivity index (χ2v) is 12.1. The van der Waals surface area contributed by atoms with Crippen molar-refractivity contribution in [3.63, 3.8) is 0 Å². The Kier molecular flexibility index (Phi) is 38.0. The van der Waals surface area contributed by atoms with E-state index >= 15 is 0 Å². The molecule has 0 aliphatic rings. The molecule has 0 radical (unpaired) electrons. The number of aliphatic carboxylic acids is 2. The van der Waals surface area contributed by atoms with E-state index in [1.807, 2.05) is 0 Å². The van der Waals surface area contributed by atoms with Crippen LogP contribution in [0, 0.1) is 5.41 Å². The normalized spacial score (nSPS) is 11.9. The molecule has 42 heavy (non-hydrogen) atoms. The molecule has 0 bridgehead atoms. The Morgan fingerprint density at radius 3 is 0.976 bits per heavy atom. The number of ether oxygens (including phenoxy) is 1. The van der Waals surface area contributed by atoms with Crippen LogP contribution in [0.5, 0.6) is 0 Å². The van der Waals surface area contributed by atoms with E-state index in [2.05, 4.69) is 27.7 Å². The first kappa shape index (κ1) is 44.8. The average Bonchev–Trinajstić information content (AvgIpc) is 2.93. The van der Waals surface area contributed by atoms with E-state index in [4.69, 9.17) is 24.5 Å². The minimum atomic E-state index is -0.833. The topological polar surface area (TPSA) is 101 Å². The van der Waals surface area contributed by atoms with Gasteiger partial charge in [0.25, 0.3) is 11.9 Å². The summed E-state index contributed by atoms with van der Waals surface area (Å²) in [4.78, 5) is 31.6. The summed E-state index contributed by atoms with van der Waals surface area (Å²) in [5.74, 6) is -1.51. The van der Waals surface area contributed by atoms with Crippen molar-refractivity contribution >= 4 is 17.9 Å². The molecule has 1 unspecified atom stereocenters. The smallest absolute Gasteiger partial charge is 0.312 e. The van der Waals surface area contributed by atoms with Gasteiger partial charge >= 0.3 is 5.97 Å². The molecule has 0 fully saturated rings. The quantitative estimate of drug-likeness (QED) is 0.0718. The summed E-state index contributed by atoms with van der Waals surface area (Å²) in [5.41, 5.74) is -0.217. The Morgan fingerprint density at radius 2 is 0.690 bits per heavy atom. The molecule has 0 aliphatic carbocycles. The number of hydrogen-bond acceptors (Lipinski definition) is 4. The van der Waals surface area contributed by atoms with Crippen LogP contribution in [0.2, 0.25) is 0 Å². The van der Waals surface area contributed by atoms with Crippen LogP contribution in [0.15, 0.2) is 0 Å². The third-order valence-corrected chi connectivity index (χ3v) is 7.69. The Balaban J connectivity index is -0.00000167. The van der Waals surface area contributed by atoms with Crippen LogP contribution in [0.4, 0.5) is 0 Å². The number of carboxylic acids is 2. The molecular weight excluding hydrogens is 528 g/mol. The predicted molar refractivity (Wildman–Crippen MR) is 178 cm³/mol. The lowest BCUT2D eigenvalue weighted by atomic mass is 9.74. The van der Waals surface area contributed by atoms with Gasteiger partial charge in [0.05, 0.1) is 12.0 Å². The summed E-state index contributed by atoms with van der Waals surface area (Å²) in [6.07, 6.45) is 31.2. The summed E-state index contributed by atoms with van der Waals surface area (Å²) in [6.45, 7) is 11.9. The maximum absolute atomic E-state index is 13.6. The molecule has 252 valence electrons. The largest absolute Gasteiger partial charge is 0.481 e. The zero-order valence-corrected chi connectivity index (χ0v) is 28.9. The minimum Gasteiger partial charge on any atom is -0.481 e. The van der Waals surface area contributed by atoms with Crippen LogP contribution in [0.25, 0.3) is 0 Å². The number of rotatable bonds is 27. The van der Waals surface area contributed by atoms with Crippen LogP contribution < -0.4 is 0 Å². The second-order valence-electron chi connectivity index (χ2n) is 12.1. The standard InChI is InChI=1S/C32H64O2.2C2H4O2/c1-5-9-13-17-19-22-25-29-32(27-23-20-15-11-7-3,28-24-21-18-14-10-6-2)31(33)34-30-26-16-12-8-4;2*1-2(3)4/h5-30H2,1-4H3;2*1H3,(H,3,4). The Bertz CT molecular complexity index is 571. The SMILES string of the molecule is CC(=O)O.CC(=O)O.CCCCCCCCCC(CCCCCCC)(CCCCCCCC)C(=O)OCCCCCC. The second kappa shape index (κ2) is 35.6. The molecular formula is C36H72O6. The van der Waals surface area contributed by atoms with Crippen molar-refractivity contribution in [2.45, 2.75) is 202 Å². The Morgan fingerprint density at radius 1 is 0.452 bits per heavy atom. The molecule has 1 atom stereocenters. The molecule has 0 spiro atoms. The zero-order chi connectivity index (χ0) is 32.3. The fourth-order valence-electron chi connectivity index (χ4n) is 5.26. The molecule has 0 saturated heterocycles. The first-order valence-corrected chi connectivity index (χ1v) is 17.7. The number of carbonyl (C=O) groups excluding carboxylic acids is 1.